The highest BCUT2D eigenvalue weighted by Crippen LogP contribution is 2.30. The Morgan fingerprint density at radius 2 is 1.97 bits per heavy atom. The molecule has 0 aliphatic carbocycles. The minimum Gasteiger partial charge on any atom is -0.422 e. The van der Waals surface area contributed by atoms with Gasteiger partial charge >= 0.3 is 5.97 Å². The van der Waals surface area contributed by atoms with Crippen LogP contribution in [0.25, 0.3) is 22.2 Å². The summed E-state index contributed by atoms with van der Waals surface area (Å²) >= 11 is 0. The standard InChI is InChI=1S/C23H20FN3O3/c1-3-25-13-17-12-20(18-11-16(24)9-10-19(18)26-17)29-23(28)21-14(2)30-27-22(21)15-7-5-4-6-8-15/h4-12,25H,3,13H2,1-2H3. The first-order valence-corrected chi connectivity index (χ1v) is 9.60. The number of esters is 1. The molecule has 30 heavy (non-hydrogen) atoms. The van der Waals surface area contributed by atoms with Crippen molar-refractivity contribution in [3.05, 3.63) is 77.4 Å². The Bertz CT molecular complexity index is 1210. The normalized spacial score (nSPS) is 11.0. The molecule has 6 nitrogen and oxygen atoms in total. The van der Waals surface area contributed by atoms with Gasteiger partial charge in [0.05, 0.1) is 11.2 Å². The average Bonchev–Trinajstić information content (AvgIpc) is 3.14. The van der Waals surface area contributed by atoms with Crippen molar-refractivity contribution in [1.82, 2.24) is 15.5 Å². The predicted octanol–water partition coefficient (Wildman–Crippen LogP) is 4.67. The van der Waals surface area contributed by atoms with Crippen LogP contribution in [0.15, 0.2) is 59.1 Å². The molecule has 0 amide bonds. The third kappa shape index (κ3) is 3.92. The molecule has 2 aromatic carbocycles. The summed E-state index contributed by atoms with van der Waals surface area (Å²) in [5.41, 5.74) is 2.59. The molecule has 0 saturated heterocycles. The molecule has 0 atom stereocenters. The highest BCUT2D eigenvalue weighted by Gasteiger charge is 2.24. The molecule has 0 saturated carbocycles. The van der Waals surface area contributed by atoms with Crippen molar-refractivity contribution in [3.8, 4) is 17.0 Å². The van der Waals surface area contributed by atoms with Gasteiger partial charge in [0.1, 0.15) is 28.6 Å². The number of aryl methyl sites for hydroxylation is 1. The van der Waals surface area contributed by atoms with Gasteiger partial charge in [-0.1, -0.05) is 42.4 Å². The van der Waals surface area contributed by atoms with Gasteiger partial charge in [0.25, 0.3) is 0 Å². The Balaban J connectivity index is 1.75. The van der Waals surface area contributed by atoms with Gasteiger partial charge in [-0.2, -0.15) is 0 Å². The van der Waals surface area contributed by atoms with Gasteiger partial charge in [-0.05, 0) is 31.7 Å². The van der Waals surface area contributed by atoms with Crippen LogP contribution in [-0.4, -0.2) is 22.7 Å². The van der Waals surface area contributed by atoms with Crippen LogP contribution in [0.5, 0.6) is 5.75 Å². The second kappa shape index (κ2) is 8.42. The Labute approximate surface area is 172 Å². The number of carbonyl (C=O) groups is 1. The lowest BCUT2D eigenvalue weighted by molar-refractivity contribution is 0.0735. The Morgan fingerprint density at radius 1 is 1.17 bits per heavy atom. The van der Waals surface area contributed by atoms with Gasteiger partial charge in [-0.25, -0.2) is 9.18 Å². The summed E-state index contributed by atoms with van der Waals surface area (Å²) in [6.07, 6.45) is 0. The van der Waals surface area contributed by atoms with Gasteiger partial charge in [0.15, 0.2) is 0 Å². The van der Waals surface area contributed by atoms with Gasteiger partial charge in [-0.15, -0.1) is 0 Å². The Morgan fingerprint density at radius 3 is 2.73 bits per heavy atom. The van der Waals surface area contributed by atoms with E-state index in [1.807, 2.05) is 37.3 Å². The first-order valence-electron chi connectivity index (χ1n) is 9.60. The maximum absolute atomic E-state index is 13.9. The smallest absolute Gasteiger partial charge is 0.349 e. The number of carbonyl (C=O) groups excluding carboxylic acids is 1. The van der Waals surface area contributed by atoms with E-state index in [1.165, 1.54) is 12.1 Å². The van der Waals surface area contributed by atoms with E-state index in [1.54, 1.807) is 19.1 Å². The van der Waals surface area contributed by atoms with E-state index < -0.39 is 11.8 Å². The van der Waals surface area contributed by atoms with Crippen molar-refractivity contribution in [3.63, 3.8) is 0 Å². The molecular formula is C23H20FN3O3. The van der Waals surface area contributed by atoms with E-state index in [0.717, 1.165) is 12.1 Å². The lowest BCUT2D eigenvalue weighted by atomic mass is 10.1. The van der Waals surface area contributed by atoms with Crippen LogP contribution < -0.4 is 10.1 Å². The van der Waals surface area contributed by atoms with Crippen molar-refractivity contribution in [1.29, 1.82) is 0 Å². The van der Waals surface area contributed by atoms with Crippen LogP contribution in [0, 0.1) is 12.7 Å². The molecule has 4 rings (SSSR count). The van der Waals surface area contributed by atoms with Gasteiger partial charge in [-0.3, -0.25) is 4.98 Å². The number of aromatic nitrogens is 2. The van der Waals surface area contributed by atoms with Crippen molar-refractivity contribution in [2.75, 3.05) is 6.54 Å². The molecule has 2 aromatic heterocycles. The molecular weight excluding hydrogens is 385 g/mol. The topological polar surface area (TPSA) is 77.2 Å². The van der Waals surface area contributed by atoms with E-state index in [9.17, 15) is 9.18 Å². The quantitative estimate of drug-likeness (QED) is 0.470. The minimum absolute atomic E-state index is 0.232. The largest absolute Gasteiger partial charge is 0.422 e. The molecule has 7 heteroatoms. The number of pyridine rings is 1. The van der Waals surface area contributed by atoms with Crippen molar-refractivity contribution in [2.24, 2.45) is 0 Å². The van der Waals surface area contributed by atoms with Crippen molar-refractivity contribution >= 4 is 16.9 Å². The summed E-state index contributed by atoms with van der Waals surface area (Å²) in [7, 11) is 0. The fourth-order valence-corrected chi connectivity index (χ4v) is 3.20. The molecule has 0 fully saturated rings. The number of benzene rings is 2. The molecule has 0 unspecified atom stereocenters. The summed E-state index contributed by atoms with van der Waals surface area (Å²) in [4.78, 5) is 17.6. The van der Waals surface area contributed by atoms with E-state index in [0.29, 0.717) is 34.6 Å². The van der Waals surface area contributed by atoms with E-state index in [2.05, 4.69) is 15.5 Å². The van der Waals surface area contributed by atoms with E-state index >= 15 is 0 Å². The Kier molecular flexibility index (Phi) is 5.54. The number of hydrogen-bond acceptors (Lipinski definition) is 6. The average molecular weight is 405 g/mol. The van der Waals surface area contributed by atoms with E-state index in [-0.39, 0.29) is 11.3 Å². The molecule has 2 heterocycles. The highest BCUT2D eigenvalue weighted by atomic mass is 19.1. The lowest BCUT2D eigenvalue weighted by Crippen LogP contribution is -2.14. The van der Waals surface area contributed by atoms with Gasteiger partial charge in [0, 0.05) is 23.6 Å². The van der Waals surface area contributed by atoms with Crippen LogP contribution in [-0.2, 0) is 6.54 Å². The van der Waals surface area contributed by atoms with Crippen molar-refractivity contribution in [2.45, 2.75) is 20.4 Å². The summed E-state index contributed by atoms with van der Waals surface area (Å²) in [5.74, 6) is -0.487. The second-order valence-electron chi connectivity index (χ2n) is 6.77. The summed E-state index contributed by atoms with van der Waals surface area (Å²) in [5, 5.41) is 7.63. The highest BCUT2D eigenvalue weighted by molar-refractivity contribution is 6.00. The number of ether oxygens (including phenoxy) is 1. The second-order valence-corrected chi connectivity index (χ2v) is 6.77. The van der Waals surface area contributed by atoms with Gasteiger partial charge < -0.3 is 14.6 Å². The number of rotatable bonds is 6. The molecule has 0 aliphatic rings. The van der Waals surface area contributed by atoms with Crippen LogP contribution in [0.4, 0.5) is 4.39 Å². The van der Waals surface area contributed by atoms with Gasteiger partial charge in [0.2, 0.25) is 0 Å². The SMILES string of the molecule is CCNCc1cc(OC(=O)c2c(-c3ccccc3)noc2C)c2cc(F)ccc2n1. The molecule has 0 radical (unpaired) electrons. The Hall–Kier alpha value is -3.58. The zero-order valence-electron chi connectivity index (χ0n) is 16.6. The fraction of sp³-hybridized carbons (Fsp3) is 0.174. The number of halogens is 1. The third-order valence-corrected chi connectivity index (χ3v) is 4.66. The number of nitrogens with zero attached hydrogens (tertiary/aromatic N) is 2. The maximum Gasteiger partial charge on any atom is 0.349 e. The van der Waals surface area contributed by atoms with Crippen LogP contribution in [0.2, 0.25) is 0 Å². The van der Waals surface area contributed by atoms with Crippen LogP contribution >= 0.6 is 0 Å². The maximum atomic E-state index is 13.9. The zero-order valence-corrected chi connectivity index (χ0v) is 16.6. The first kappa shape index (κ1) is 19.7. The fourth-order valence-electron chi connectivity index (χ4n) is 3.20. The monoisotopic (exact) mass is 405 g/mol. The number of nitrogens with one attached hydrogen (secondary N) is 1. The molecule has 0 spiro atoms. The first-order chi connectivity index (χ1) is 14.6. The third-order valence-electron chi connectivity index (χ3n) is 4.66. The number of fused-ring (bicyclic) bond motifs is 1. The zero-order chi connectivity index (χ0) is 21.1. The predicted molar refractivity (Wildman–Crippen MR) is 111 cm³/mol. The number of hydrogen-bond donors (Lipinski definition) is 1. The molecule has 0 bridgehead atoms. The molecule has 0 aliphatic heterocycles. The molecule has 1 N–H and O–H groups in total. The molecule has 4 aromatic rings. The summed E-state index contributed by atoms with van der Waals surface area (Å²) in [6, 6.07) is 15.1. The summed E-state index contributed by atoms with van der Waals surface area (Å²) < 4.78 is 24.9. The molecule has 152 valence electrons. The minimum atomic E-state index is -0.626. The summed E-state index contributed by atoms with van der Waals surface area (Å²) in [6.45, 7) is 4.89. The van der Waals surface area contributed by atoms with Crippen molar-refractivity contribution < 1.29 is 18.4 Å². The van der Waals surface area contributed by atoms with Crippen LogP contribution in [0.3, 0.4) is 0 Å². The van der Waals surface area contributed by atoms with Crippen LogP contribution in [0.1, 0.15) is 28.7 Å². The lowest BCUT2D eigenvalue weighted by Gasteiger charge is -2.11. The van der Waals surface area contributed by atoms with E-state index in [4.69, 9.17) is 9.26 Å².